The predicted molar refractivity (Wildman–Crippen MR) is 67.5 cm³/mol. The monoisotopic (exact) mass is 300 g/mol. The van der Waals surface area contributed by atoms with Crippen molar-refractivity contribution in [3.8, 4) is 5.88 Å². The Kier molecular flexibility index (Phi) is 4.11. The maximum absolute atomic E-state index is 13.4. The SMILES string of the molecule is COc1cc(C(C)c2cc(F)cc(C(F)(F)F)c2)ncn1. The molecular weight excluding hydrogens is 288 g/mol. The summed E-state index contributed by atoms with van der Waals surface area (Å²) in [6, 6.07) is 3.95. The number of rotatable bonds is 3. The molecule has 0 radical (unpaired) electrons. The number of benzene rings is 1. The molecule has 0 fully saturated rings. The summed E-state index contributed by atoms with van der Waals surface area (Å²) in [5.74, 6) is -1.18. The molecule has 2 rings (SSSR count). The van der Waals surface area contributed by atoms with Gasteiger partial charge in [-0.15, -0.1) is 0 Å². The van der Waals surface area contributed by atoms with Gasteiger partial charge < -0.3 is 4.74 Å². The highest BCUT2D eigenvalue weighted by Gasteiger charge is 2.32. The van der Waals surface area contributed by atoms with Crippen LogP contribution in [0, 0.1) is 5.82 Å². The zero-order valence-corrected chi connectivity index (χ0v) is 11.3. The average molecular weight is 300 g/mol. The van der Waals surface area contributed by atoms with E-state index in [-0.39, 0.29) is 5.56 Å². The van der Waals surface area contributed by atoms with Crippen LogP contribution in [0.2, 0.25) is 0 Å². The third-order valence-corrected chi connectivity index (χ3v) is 3.06. The molecule has 0 saturated carbocycles. The molecule has 112 valence electrons. The molecule has 0 N–H and O–H groups in total. The number of halogens is 4. The fraction of sp³-hybridized carbons (Fsp3) is 0.286. The molecule has 7 heteroatoms. The minimum Gasteiger partial charge on any atom is -0.481 e. The van der Waals surface area contributed by atoms with E-state index >= 15 is 0 Å². The molecule has 0 spiro atoms. The number of aromatic nitrogens is 2. The second kappa shape index (κ2) is 5.67. The molecule has 1 unspecified atom stereocenters. The van der Waals surface area contributed by atoms with Crippen LogP contribution in [0.4, 0.5) is 17.6 Å². The highest BCUT2D eigenvalue weighted by atomic mass is 19.4. The normalized spacial score (nSPS) is 13.0. The van der Waals surface area contributed by atoms with E-state index in [9.17, 15) is 17.6 Å². The highest BCUT2D eigenvalue weighted by molar-refractivity contribution is 5.34. The van der Waals surface area contributed by atoms with Crippen molar-refractivity contribution in [2.24, 2.45) is 0 Å². The molecule has 0 aliphatic carbocycles. The van der Waals surface area contributed by atoms with Gasteiger partial charge in [0.15, 0.2) is 0 Å². The Morgan fingerprint density at radius 3 is 2.43 bits per heavy atom. The standard InChI is InChI=1S/C14H12F4N2O/c1-8(12-6-13(21-2)20-7-19-12)9-3-10(14(16,17)18)5-11(15)4-9/h3-8H,1-2H3. The largest absolute Gasteiger partial charge is 0.481 e. The molecular formula is C14H12F4N2O. The highest BCUT2D eigenvalue weighted by Crippen LogP contribution is 2.33. The van der Waals surface area contributed by atoms with E-state index in [4.69, 9.17) is 4.74 Å². The number of hydrogen-bond donors (Lipinski definition) is 0. The molecule has 0 bridgehead atoms. The Morgan fingerprint density at radius 1 is 1.10 bits per heavy atom. The van der Waals surface area contributed by atoms with Crippen LogP contribution >= 0.6 is 0 Å². The predicted octanol–water partition coefficient (Wildman–Crippen LogP) is 3.79. The van der Waals surface area contributed by atoms with Gasteiger partial charge in [-0.2, -0.15) is 13.2 Å². The van der Waals surface area contributed by atoms with Gasteiger partial charge in [0, 0.05) is 12.0 Å². The Hall–Kier alpha value is -2.18. The quantitative estimate of drug-likeness (QED) is 0.809. The van der Waals surface area contributed by atoms with E-state index in [0.29, 0.717) is 17.6 Å². The van der Waals surface area contributed by atoms with Gasteiger partial charge in [0.1, 0.15) is 12.1 Å². The second-order valence-electron chi connectivity index (χ2n) is 4.48. The van der Waals surface area contributed by atoms with E-state index in [1.165, 1.54) is 19.5 Å². The maximum Gasteiger partial charge on any atom is 0.416 e. The van der Waals surface area contributed by atoms with Crippen molar-refractivity contribution in [1.82, 2.24) is 9.97 Å². The van der Waals surface area contributed by atoms with Crippen molar-refractivity contribution in [3.63, 3.8) is 0 Å². The minimum atomic E-state index is -4.60. The third-order valence-electron chi connectivity index (χ3n) is 3.06. The van der Waals surface area contributed by atoms with E-state index in [1.54, 1.807) is 6.92 Å². The summed E-state index contributed by atoms with van der Waals surface area (Å²) < 4.78 is 56.5. The van der Waals surface area contributed by atoms with Crippen LogP contribution in [0.15, 0.2) is 30.6 Å². The molecule has 21 heavy (non-hydrogen) atoms. The Morgan fingerprint density at radius 2 is 1.81 bits per heavy atom. The summed E-state index contributed by atoms with van der Waals surface area (Å²) in [6.07, 6.45) is -3.35. The number of ether oxygens (including phenoxy) is 1. The number of nitrogens with zero attached hydrogens (tertiary/aromatic N) is 2. The lowest BCUT2D eigenvalue weighted by Crippen LogP contribution is -2.08. The first-order chi connectivity index (χ1) is 9.81. The van der Waals surface area contributed by atoms with E-state index in [1.807, 2.05) is 0 Å². The van der Waals surface area contributed by atoms with E-state index in [2.05, 4.69) is 9.97 Å². The molecule has 0 saturated heterocycles. The summed E-state index contributed by atoms with van der Waals surface area (Å²) in [5, 5.41) is 0. The lowest BCUT2D eigenvalue weighted by molar-refractivity contribution is -0.137. The van der Waals surface area contributed by atoms with Crippen molar-refractivity contribution in [1.29, 1.82) is 0 Å². The van der Waals surface area contributed by atoms with Gasteiger partial charge in [-0.3, -0.25) is 0 Å². The zero-order valence-electron chi connectivity index (χ0n) is 11.3. The Bertz CT molecular complexity index is 643. The number of hydrogen-bond acceptors (Lipinski definition) is 3. The van der Waals surface area contributed by atoms with Gasteiger partial charge in [-0.25, -0.2) is 14.4 Å². The summed E-state index contributed by atoms with van der Waals surface area (Å²) in [6.45, 7) is 1.64. The van der Waals surface area contributed by atoms with Gasteiger partial charge >= 0.3 is 6.18 Å². The third kappa shape index (κ3) is 3.48. The van der Waals surface area contributed by atoms with Gasteiger partial charge in [0.25, 0.3) is 0 Å². The summed E-state index contributed by atoms with van der Waals surface area (Å²) in [5.41, 5.74) is -0.394. The van der Waals surface area contributed by atoms with Crippen LogP contribution in [-0.2, 0) is 6.18 Å². The first-order valence-electron chi connectivity index (χ1n) is 6.05. The topological polar surface area (TPSA) is 35.0 Å². The smallest absolute Gasteiger partial charge is 0.416 e. The lowest BCUT2D eigenvalue weighted by atomic mass is 9.95. The number of alkyl halides is 3. The Balaban J connectivity index is 2.43. The van der Waals surface area contributed by atoms with Crippen LogP contribution < -0.4 is 4.74 Å². The molecule has 0 amide bonds. The first-order valence-corrected chi connectivity index (χ1v) is 6.05. The van der Waals surface area contributed by atoms with E-state index in [0.717, 1.165) is 12.1 Å². The Labute approximate surface area is 118 Å². The van der Waals surface area contributed by atoms with Crippen molar-refractivity contribution in [2.45, 2.75) is 19.0 Å². The summed E-state index contributed by atoms with van der Waals surface area (Å²) >= 11 is 0. The van der Waals surface area contributed by atoms with Crippen LogP contribution in [-0.4, -0.2) is 17.1 Å². The van der Waals surface area contributed by atoms with Crippen molar-refractivity contribution < 1.29 is 22.3 Å². The summed E-state index contributed by atoms with van der Waals surface area (Å²) in [7, 11) is 1.42. The van der Waals surface area contributed by atoms with Crippen LogP contribution in [0.1, 0.15) is 29.7 Å². The average Bonchev–Trinajstić information content (AvgIpc) is 2.45. The van der Waals surface area contributed by atoms with Crippen LogP contribution in [0.25, 0.3) is 0 Å². The second-order valence-corrected chi connectivity index (χ2v) is 4.48. The van der Waals surface area contributed by atoms with Crippen molar-refractivity contribution in [2.75, 3.05) is 7.11 Å². The van der Waals surface area contributed by atoms with Crippen LogP contribution in [0.5, 0.6) is 5.88 Å². The molecule has 1 atom stereocenters. The number of methoxy groups -OCH3 is 1. The fourth-order valence-corrected chi connectivity index (χ4v) is 1.90. The fourth-order valence-electron chi connectivity index (χ4n) is 1.90. The molecule has 2 aromatic rings. The summed E-state index contributed by atoms with van der Waals surface area (Å²) in [4.78, 5) is 7.81. The molecule has 0 aliphatic heterocycles. The van der Waals surface area contributed by atoms with Gasteiger partial charge in [0.2, 0.25) is 5.88 Å². The molecule has 0 aliphatic rings. The van der Waals surface area contributed by atoms with Crippen molar-refractivity contribution in [3.05, 3.63) is 53.2 Å². The lowest BCUT2D eigenvalue weighted by Gasteiger charge is -2.15. The van der Waals surface area contributed by atoms with Crippen LogP contribution in [0.3, 0.4) is 0 Å². The van der Waals surface area contributed by atoms with Gasteiger partial charge in [-0.05, 0) is 23.8 Å². The van der Waals surface area contributed by atoms with Crippen molar-refractivity contribution >= 4 is 0 Å². The minimum absolute atomic E-state index is 0.183. The molecule has 1 aromatic heterocycles. The molecule has 1 heterocycles. The maximum atomic E-state index is 13.4. The van der Waals surface area contributed by atoms with Gasteiger partial charge in [-0.1, -0.05) is 6.92 Å². The van der Waals surface area contributed by atoms with Gasteiger partial charge in [0.05, 0.1) is 18.4 Å². The van der Waals surface area contributed by atoms with E-state index < -0.39 is 23.5 Å². The molecule has 3 nitrogen and oxygen atoms in total. The zero-order chi connectivity index (χ0) is 15.6. The first kappa shape index (κ1) is 15.2. The molecule has 1 aromatic carbocycles.